The Hall–Kier alpha value is -0.120. The third-order valence-electron chi connectivity index (χ3n) is 2.16. The Bertz CT molecular complexity index is 200. The number of ether oxygens (including phenoxy) is 3. The first-order chi connectivity index (χ1) is 6.68. The predicted molar refractivity (Wildman–Crippen MR) is 59.8 cm³/mol. The maximum atomic E-state index is 5.77. The van der Waals surface area contributed by atoms with E-state index in [0.29, 0.717) is 13.2 Å². The second-order valence-corrected chi connectivity index (χ2v) is 6.21. The van der Waals surface area contributed by atoms with Crippen molar-refractivity contribution in [3.8, 4) is 0 Å². The molecule has 1 heterocycles. The van der Waals surface area contributed by atoms with E-state index in [9.17, 15) is 0 Å². The third-order valence-corrected chi connectivity index (χ3v) is 2.16. The van der Waals surface area contributed by atoms with Crippen LogP contribution in [0.4, 0.5) is 0 Å². The van der Waals surface area contributed by atoms with Crippen LogP contribution in [0.15, 0.2) is 0 Å². The molecule has 0 aliphatic carbocycles. The van der Waals surface area contributed by atoms with Crippen LogP contribution in [0.5, 0.6) is 0 Å². The second-order valence-electron chi connectivity index (χ2n) is 6.21. The molecule has 1 saturated heterocycles. The predicted octanol–water partition coefficient (Wildman–Crippen LogP) is 2.59. The summed E-state index contributed by atoms with van der Waals surface area (Å²) in [6.07, 6.45) is -0.0282. The van der Waals surface area contributed by atoms with Crippen LogP contribution in [0, 0.1) is 5.41 Å². The molecule has 15 heavy (non-hydrogen) atoms. The third kappa shape index (κ3) is 4.49. The molecule has 0 spiro atoms. The number of rotatable bonds is 2. The highest BCUT2D eigenvalue weighted by molar-refractivity contribution is 4.75. The van der Waals surface area contributed by atoms with Crippen molar-refractivity contribution in [2.24, 2.45) is 5.41 Å². The standard InChI is InChI=1S/C12H24O3/c1-11(2,3)10-13-7-9(15-10)8-14-12(4,5)6/h9-10H,7-8H2,1-6H3. The Morgan fingerprint density at radius 3 is 2.13 bits per heavy atom. The highest BCUT2D eigenvalue weighted by atomic mass is 16.7. The topological polar surface area (TPSA) is 27.7 Å². The fourth-order valence-electron chi connectivity index (χ4n) is 1.33. The lowest BCUT2D eigenvalue weighted by atomic mass is 9.96. The fourth-order valence-corrected chi connectivity index (χ4v) is 1.33. The van der Waals surface area contributed by atoms with E-state index in [-0.39, 0.29) is 23.4 Å². The van der Waals surface area contributed by atoms with Gasteiger partial charge in [-0.15, -0.1) is 0 Å². The average molecular weight is 216 g/mol. The van der Waals surface area contributed by atoms with Crippen molar-refractivity contribution >= 4 is 0 Å². The summed E-state index contributed by atoms with van der Waals surface area (Å²) in [5, 5.41) is 0. The molecule has 0 bridgehead atoms. The number of hydrogen-bond donors (Lipinski definition) is 0. The molecule has 1 aliphatic heterocycles. The van der Waals surface area contributed by atoms with Crippen LogP contribution in [0.2, 0.25) is 0 Å². The van der Waals surface area contributed by atoms with Gasteiger partial charge in [0.1, 0.15) is 6.10 Å². The maximum absolute atomic E-state index is 5.77. The van der Waals surface area contributed by atoms with Gasteiger partial charge in [0, 0.05) is 5.41 Å². The van der Waals surface area contributed by atoms with E-state index >= 15 is 0 Å². The van der Waals surface area contributed by atoms with Gasteiger partial charge in [-0.2, -0.15) is 0 Å². The van der Waals surface area contributed by atoms with Crippen LogP contribution >= 0.6 is 0 Å². The molecule has 0 N–H and O–H groups in total. The van der Waals surface area contributed by atoms with Gasteiger partial charge in [0.25, 0.3) is 0 Å². The first-order valence-corrected chi connectivity index (χ1v) is 5.59. The van der Waals surface area contributed by atoms with E-state index in [4.69, 9.17) is 14.2 Å². The molecule has 1 fully saturated rings. The van der Waals surface area contributed by atoms with E-state index in [0.717, 1.165) is 0 Å². The van der Waals surface area contributed by atoms with Gasteiger partial charge in [-0.1, -0.05) is 20.8 Å². The summed E-state index contributed by atoms with van der Waals surface area (Å²) in [6, 6.07) is 0. The van der Waals surface area contributed by atoms with Crippen molar-refractivity contribution in [1.82, 2.24) is 0 Å². The molecular weight excluding hydrogens is 192 g/mol. The van der Waals surface area contributed by atoms with E-state index in [2.05, 4.69) is 20.8 Å². The second kappa shape index (κ2) is 4.40. The monoisotopic (exact) mass is 216 g/mol. The summed E-state index contributed by atoms with van der Waals surface area (Å²) in [4.78, 5) is 0. The number of hydrogen-bond acceptors (Lipinski definition) is 3. The molecule has 0 aromatic heterocycles. The smallest absolute Gasteiger partial charge is 0.163 e. The van der Waals surface area contributed by atoms with Gasteiger partial charge in [-0.05, 0) is 20.8 Å². The summed E-state index contributed by atoms with van der Waals surface area (Å²) in [5.41, 5.74) is -0.0698. The molecule has 3 heteroatoms. The zero-order valence-electron chi connectivity index (χ0n) is 10.8. The van der Waals surface area contributed by atoms with Crippen molar-refractivity contribution in [3.05, 3.63) is 0 Å². The van der Waals surface area contributed by atoms with E-state index in [1.807, 2.05) is 20.8 Å². The summed E-state index contributed by atoms with van der Waals surface area (Å²) < 4.78 is 17.0. The molecule has 2 unspecified atom stereocenters. The summed E-state index contributed by atoms with van der Waals surface area (Å²) in [7, 11) is 0. The molecule has 3 nitrogen and oxygen atoms in total. The Labute approximate surface area is 93.1 Å². The zero-order valence-corrected chi connectivity index (χ0v) is 10.8. The highest BCUT2D eigenvalue weighted by Gasteiger charge is 2.35. The van der Waals surface area contributed by atoms with E-state index < -0.39 is 0 Å². The van der Waals surface area contributed by atoms with Crippen LogP contribution in [-0.2, 0) is 14.2 Å². The van der Waals surface area contributed by atoms with Crippen LogP contribution in [0.25, 0.3) is 0 Å². The van der Waals surface area contributed by atoms with Gasteiger partial charge in [0.15, 0.2) is 6.29 Å². The molecule has 0 aromatic carbocycles. The largest absolute Gasteiger partial charge is 0.373 e. The molecule has 0 radical (unpaired) electrons. The van der Waals surface area contributed by atoms with Crippen molar-refractivity contribution in [2.75, 3.05) is 13.2 Å². The van der Waals surface area contributed by atoms with Crippen LogP contribution in [-0.4, -0.2) is 31.2 Å². The van der Waals surface area contributed by atoms with Gasteiger partial charge in [0.05, 0.1) is 18.8 Å². The first kappa shape index (κ1) is 12.9. The minimum absolute atomic E-state index is 0.0382. The lowest BCUT2D eigenvalue weighted by Gasteiger charge is -2.26. The van der Waals surface area contributed by atoms with E-state index in [1.54, 1.807) is 0 Å². The van der Waals surface area contributed by atoms with Gasteiger partial charge in [0.2, 0.25) is 0 Å². The zero-order chi connectivity index (χ0) is 11.7. The van der Waals surface area contributed by atoms with Gasteiger partial charge in [-0.3, -0.25) is 0 Å². The van der Waals surface area contributed by atoms with Crippen LogP contribution < -0.4 is 0 Å². The quantitative estimate of drug-likeness (QED) is 0.710. The molecule has 0 amide bonds. The average Bonchev–Trinajstić information content (AvgIpc) is 2.45. The Morgan fingerprint density at radius 2 is 1.73 bits per heavy atom. The molecule has 1 aliphatic rings. The molecule has 2 atom stereocenters. The van der Waals surface area contributed by atoms with Gasteiger partial charge in [-0.25, -0.2) is 0 Å². The summed E-state index contributed by atoms with van der Waals surface area (Å²) in [6.45, 7) is 13.7. The van der Waals surface area contributed by atoms with Crippen molar-refractivity contribution in [3.63, 3.8) is 0 Å². The van der Waals surface area contributed by atoms with Crippen molar-refractivity contribution in [2.45, 2.75) is 59.5 Å². The minimum Gasteiger partial charge on any atom is -0.373 e. The summed E-state index contributed by atoms with van der Waals surface area (Å²) in [5.74, 6) is 0. The Morgan fingerprint density at radius 1 is 1.13 bits per heavy atom. The Kier molecular flexibility index (Phi) is 3.80. The van der Waals surface area contributed by atoms with Gasteiger partial charge < -0.3 is 14.2 Å². The van der Waals surface area contributed by atoms with E-state index in [1.165, 1.54) is 0 Å². The maximum Gasteiger partial charge on any atom is 0.163 e. The normalized spacial score (nSPS) is 28.4. The molecule has 0 saturated carbocycles. The van der Waals surface area contributed by atoms with Crippen LogP contribution in [0.1, 0.15) is 41.5 Å². The molecular formula is C12H24O3. The minimum atomic E-state index is -0.108. The van der Waals surface area contributed by atoms with Crippen LogP contribution in [0.3, 0.4) is 0 Å². The first-order valence-electron chi connectivity index (χ1n) is 5.59. The van der Waals surface area contributed by atoms with Crippen molar-refractivity contribution in [1.29, 1.82) is 0 Å². The highest BCUT2D eigenvalue weighted by Crippen LogP contribution is 2.29. The molecule has 0 aromatic rings. The lowest BCUT2D eigenvalue weighted by Crippen LogP contribution is -2.30. The molecule has 90 valence electrons. The van der Waals surface area contributed by atoms with Gasteiger partial charge >= 0.3 is 0 Å². The molecule has 1 rings (SSSR count). The Balaban J connectivity index is 2.31. The summed E-state index contributed by atoms with van der Waals surface area (Å²) >= 11 is 0. The fraction of sp³-hybridized carbons (Fsp3) is 1.00. The lowest BCUT2D eigenvalue weighted by molar-refractivity contribution is -0.138. The van der Waals surface area contributed by atoms with Crippen molar-refractivity contribution < 1.29 is 14.2 Å². The SMILES string of the molecule is CC(C)(C)OCC1COC(C(C)(C)C)O1.